The highest BCUT2D eigenvalue weighted by molar-refractivity contribution is 6.10. The Morgan fingerprint density at radius 2 is 1.82 bits per heavy atom. The molecule has 0 saturated carbocycles. The van der Waals surface area contributed by atoms with Crippen LogP contribution in [0.2, 0.25) is 0 Å². The molecular formula is C19H23NO2. The van der Waals surface area contributed by atoms with Gasteiger partial charge in [0.15, 0.2) is 5.78 Å². The van der Waals surface area contributed by atoms with Crippen LogP contribution in [0.4, 0.5) is 0 Å². The molecule has 0 aromatic heterocycles. The number of methoxy groups -OCH3 is 1. The lowest BCUT2D eigenvalue weighted by molar-refractivity contribution is 0.0901. The molecule has 0 bridgehead atoms. The number of piperidine rings is 1. The number of carbonyl (C=O) groups is 1. The van der Waals surface area contributed by atoms with Crippen LogP contribution in [0.25, 0.3) is 10.8 Å². The Kier molecular flexibility index (Phi) is 4.44. The van der Waals surface area contributed by atoms with Gasteiger partial charge in [0.2, 0.25) is 0 Å². The molecule has 1 heterocycles. The number of ether oxygens (including phenoxy) is 1. The molecule has 0 N–H and O–H groups in total. The van der Waals surface area contributed by atoms with Gasteiger partial charge in [0, 0.05) is 10.9 Å². The summed E-state index contributed by atoms with van der Waals surface area (Å²) in [5, 5.41) is 1.99. The van der Waals surface area contributed by atoms with Crippen LogP contribution in [-0.4, -0.2) is 37.4 Å². The fraction of sp³-hybridized carbons (Fsp3) is 0.421. The molecule has 0 radical (unpaired) electrons. The molecule has 1 aliphatic heterocycles. The summed E-state index contributed by atoms with van der Waals surface area (Å²) in [5.74, 6) is 1.81. The molecule has 0 unspecified atom stereocenters. The first-order valence-corrected chi connectivity index (χ1v) is 8.00. The SMILES string of the molecule is COc1ccc(C(=O)CN2CCC(C)CC2)c2ccccc12. The van der Waals surface area contributed by atoms with Gasteiger partial charge in [-0.1, -0.05) is 31.2 Å². The first-order valence-electron chi connectivity index (χ1n) is 8.00. The predicted octanol–water partition coefficient (Wildman–Crippen LogP) is 3.76. The second-order valence-electron chi connectivity index (χ2n) is 6.24. The molecule has 2 aromatic rings. The Morgan fingerprint density at radius 1 is 1.14 bits per heavy atom. The standard InChI is InChI=1S/C19H23NO2/c1-14-9-11-20(12-10-14)13-18(21)16-7-8-19(22-2)17-6-4-3-5-15(16)17/h3-8,14H,9-13H2,1-2H3. The molecular weight excluding hydrogens is 274 g/mol. The topological polar surface area (TPSA) is 29.5 Å². The molecule has 3 heteroatoms. The molecule has 0 spiro atoms. The molecule has 116 valence electrons. The number of Topliss-reactive ketones (excluding diaryl/α,β-unsaturated/α-hetero) is 1. The van der Waals surface area contributed by atoms with Crippen molar-refractivity contribution >= 4 is 16.6 Å². The van der Waals surface area contributed by atoms with E-state index >= 15 is 0 Å². The third-order valence-corrected chi connectivity index (χ3v) is 4.65. The van der Waals surface area contributed by atoms with Crippen LogP contribution in [0.3, 0.4) is 0 Å². The minimum atomic E-state index is 0.202. The van der Waals surface area contributed by atoms with Gasteiger partial charge in [0.1, 0.15) is 5.75 Å². The second-order valence-corrected chi connectivity index (χ2v) is 6.24. The second kappa shape index (κ2) is 6.49. The summed E-state index contributed by atoms with van der Waals surface area (Å²) in [6, 6.07) is 11.8. The lowest BCUT2D eigenvalue weighted by atomic mass is 9.97. The van der Waals surface area contributed by atoms with E-state index < -0.39 is 0 Å². The van der Waals surface area contributed by atoms with Crippen molar-refractivity contribution in [1.29, 1.82) is 0 Å². The highest BCUT2D eigenvalue weighted by Crippen LogP contribution is 2.29. The van der Waals surface area contributed by atoms with Gasteiger partial charge in [0.05, 0.1) is 13.7 Å². The van der Waals surface area contributed by atoms with E-state index in [1.54, 1.807) is 7.11 Å². The summed E-state index contributed by atoms with van der Waals surface area (Å²) < 4.78 is 5.40. The normalized spacial score (nSPS) is 16.8. The maximum absolute atomic E-state index is 12.7. The lowest BCUT2D eigenvalue weighted by Crippen LogP contribution is -2.36. The van der Waals surface area contributed by atoms with Crippen LogP contribution < -0.4 is 4.74 Å². The number of fused-ring (bicyclic) bond motifs is 1. The van der Waals surface area contributed by atoms with Crippen molar-refractivity contribution in [3.8, 4) is 5.75 Å². The van der Waals surface area contributed by atoms with Crippen molar-refractivity contribution in [2.75, 3.05) is 26.7 Å². The van der Waals surface area contributed by atoms with Gasteiger partial charge in [-0.25, -0.2) is 0 Å². The number of carbonyl (C=O) groups excluding carboxylic acids is 1. The number of ketones is 1. The minimum absolute atomic E-state index is 0.202. The molecule has 0 atom stereocenters. The van der Waals surface area contributed by atoms with Crippen molar-refractivity contribution in [2.45, 2.75) is 19.8 Å². The van der Waals surface area contributed by atoms with E-state index in [2.05, 4.69) is 11.8 Å². The van der Waals surface area contributed by atoms with Gasteiger partial charge in [-0.2, -0.15) is 0 Å². The van der Waals surface area contributed by atoms with Gasteiger partial charge in [0.25, 0.3) is 0 Å². The smallest absolute Gasteiger partial charge is 0.177 e. The van der Waals surface area contributed by atoms with E-state index in [0.717, 1.165) is 41.1 Å². The molecule has 1 fully saturated rings. The first kappa shape index (κ1) is 15.0. The third kappa shape index (κ3) is 3.00. The van der Waals surface area contributed by atoms with Crippen LogP contribution in [0, 0.1) is 5.92 Å². The van der Waals surface area contributed by atoms with Gasteiger partial charge < -0.3 is 4.74 Å². The molecule has 1 saturated heterocycles. The van der Waals surface area contributed by atoms with Crippen molar-refractivity contribution in [2.24, 2.45) is 5.92 Å². The van der Waals surface area contributed by atoms with Gasteiger partial charge in [-0.05, 0) is 49.4 Å². The van der Waals surface area contributed by atoms with Crippen LogP contribution in [0.1, 0.15) is 30.1 Å². The van der Waals surface area contributed by atoms with Crippen molar-refractivity contribution in [3.63, 3.8) is 0 Å². The lowest BCUT2D eigenvalue weighted by Gasteiger charge is -2.29. The fourth-order valence-corrected chi connectivity index (χ4v) is 3.20. The quantitative estimate of drug-likeness (QED) is 0.805. The molecule has 22 heavy (non-hydrogen) atoms. The van der Waals surface area contributed by atoms with Gasteiger partial charge >= 0.3 is 0 Å². The van der Waals surface area contributed by atoms with E-state index in [0.29, 0.717) is 6.54 Å². The molecule has 3 nitrogen and oxygen atoms in total. The number of hydrogen-bond donors (Lipinski definition) is 0. The van der Waals surface area contributed by atoms with Crippen LogP contribution in [0.5, 0.6) is 5.75 Å². The van der Waals surface area contributed by atoms with Gasteiger partial charge in [-0.3, -0.25) is 9.69 Å². The maximum Gasteiger partial charge on any atom is 0.177 e. The van der Waals surface area contributed by atoms with Crippen molar-refractivity contribution < 1.29 is 9.53 Å². The number of nitrogens with zero attached hydrogens (tertiary/aromatic N) is 1. The summed E-state index contributed by atoms with van der Waals surface area (Å²) in [6.07, 6.45) is 2.38. The van der Waals surface area contributed by atoms with Crippen LogP contribution in [0.15, 0.2) is 36.4 Å². The molecule has 2 aromatic carbocycles. The average Bonchev–Trinajstić information content (AvgIpc) is 2.56. The van der Waals surface area contributed by atoms with E-state index in [9.17, 15) is 4.79 Å². The zero-order valence-electron chi connectivity index (χ0n) is 13.3. The first-order chi connectivity index (χ1) is 10.7. The number of benzene rings is 2. The van der Waals surface area contributed by atoms with Crippen molar-refractivity contribution in [1.82, 2.24) is 4.90 Å². The Morgan fingerprint density at radius 3 is 2.50 bits per heavy atom. The van der Waals surface area contributed by atoms with Crippen LogP contribution >= 0.6 is 0 Å². The Labute approximate surface area is 131 Å². The molecule has 0 amide bonds. The van der Waals surface area contributed by atoms with Crippen molar-refractivity contribution in [3.05, 3.63) is 42.0 Å². The number of rotatable bonds is 4. The minimum Gasteiger partial charge on any atom is -0.496 e. The Hall–Kier alpha value is -1.87. The summed E-state index contributed by atoms with van der Waals surface area (Å²) in [7, 11) is 1.66. The summed E-state index contributed by atoms with van der Waals surface area (Å²) in [4.78, 5) is 15.0. The monoisotopic (exact) mass is 297 g/mol. The summed E-state index contributed by atoms with van der Waals surface area (Å²) in [6.45, 7) is 4.86. The Bertz CT molecular complexity index is 672. The van der Waals surface area contributed by atoms with E-state index in [1.807, 2.05) is 36.4 Å². The largest absolute Gasteiger partial charge is 0.496 e. The zero-order chi connectivity index (χ0) is 15.5. The predicted molar refractivity (Wildman–Crippen MR) is 89.7 cm³/mol. The molecule has 3 rings (SSSR count). The average molecular weight is 297 g/mol. The van der Waals surface area contributed by atoms with Gasteiger partial charge in [-0.15, -0.1) is 0 Å². The zero-order valence-corrected chi connectivity index (χ0v) is 13.3. The third-order valence-electron chi connectivity index (χ3n) is 4.65. The maximum atomic E-state index is 12.7. The number of hydrogen-bond acceptors (Lipinski definition) is 3. The summed E-state index contributed by atoms with van der Waals surface area (Å²) in [5.41, 5.74) is 0.801. The highest BCUT2D eigenvalue weighted by Gasteiger charge is 2.20. The van der Waals surface area contributed by atoms with E-state index in [1.165, 1.54) is 12.8 Å². The Balaban J connectivity index is 1.85. The number of likely N-dealkylation sites (tertiary alicyclic amines) is 1. The molecule has 0 aliphatic carbocycles. The fourth-order valence-electron chi connectivity index (χ4n) is 3.20. The van der Waals surface area contributed by atoms with E-state index in [4.69, 9.17) is 4.74 Å². The molecule has 1 aliphatic rings. The van der Waals surface area contributed by atoms with Crippen LogP contribution in [-0.2, 0) is 0 Å². The highest BCUT2D eigenvalue weighted by atomic mass is 16.5. The summed E-state index contributed by atoms with van der Waals surface area (Å²) >= 11 is 0. The van der Waals surface area contributed by atoms with E-state index in [-0.39, 0.29) is 5.78 Å².